The highest BCUT2D eigenvalue weighted by Gasteiger charge is 2.31. The van der Waals surface area contributed by atoms with Gasteiger partial charge in [-0.2, -0.15) is 5.10 Å². The lowest BCUT2D eigenvalue weighted by atomic mass is 9.88. The first-order chi connectivity index (χ1) is 10.0. The molecule has 0 amide bonds. The molecule has 112 valence electrons. The fraction of sp³-hybridized carbons (Fsp3) is 0.500. The number of rotatable bonds is 4. The molecule has 1 aliphatic rings. The summed E-state index contributed by atoms with van der Waals surface area (Å²) >= 11 is 0. The molecule has 0 atom stereocenters. The number of aromatic nitrogens is 3. The van der Waals surface area contributed by atoms with Gasteiger partial charge in [-0.1, -0.05) is 0 Å². The van der Waals surface area contributed by atoms with E-state index in [9.17, 15) is 9.90 Å². The first-order valence-corrected chi connectivity index (χ1v) is 6.86. The van der Waals surface area contributed by atoms with E-state index in [2.05, 4.69) is 15.4 Å². The van der Waals surface area contributed by atoms with Crippen LogP contribution in [0.3, 0.4) is 0 Å². The van der Waals surface area contributed by atoms with E-state index in [1.54, 1.807) is 18.8 Å². The van der Waals surface area contributed by atoms with Crippen molar-refractivity contribution < 1.29 is 14.6 Å². The Hall–Kier alpha value is -2.15. The zero-order chi connectivity index (χ0) is 15.1. The highest BCUT2D eigenvalue weighted by molar-refractivity contribution is 6.04. The van der Waals surface area contributed by atoms with E-state index in [1.165, 1.54) is 6.20 Å². The molecule has 0 spiro atoms. The van der Waals surface area contributed by atoms with Crippen LogP contribution in [0.1, 0.15) is 28.9 Å². The van der Waals surface area contributed by atoms with Crippen LogP contribution >= 0.6 is 0 Å². The number of pyridine rings is 1. The second-order valence-corrected chi connectivity index (χ2v) is 5.43. The molecule has 2 aromatic rings. The zero-order valence-electron chi connectivity index (χ0n) is 12.3. The Balaban J connectivity index is 2.04. The van der Waals surface area contributed by atoms with Crippen LogP contribution in [-0.2, 0) is 11.8 Å². The molecule has 2 heterocycles. The third kappa shape index (κ3) is 2.23. The van der Waals surface area contributed by atoms with Crippen LogP contribution in [0, 0.1) is 6.92 Å². The van der Waals surface area contributed by atoms with Crippen molar-refractivity contribution in [2.24, 2.45) is 7.05 Å². The molecule has 1 fully saturated rings. The maximum Gasteiger partial charge on any atom is 0.339 e. The molecule has 0 unspecified atom stereocenters. The molecule has 0 bridgehead atoms. The normalized spacial score (nSPS) is 21.3. The molecule has 2 aromatic heterocycles. The van der Waals surface area contributed by atoms with Gasteiger partial charge in [0.05, 0.1) is 22.9 Å². The number of fused-ring (bicyclic) bond motifs is 1. The highest BCUT2D eigenvalue weighted by Crippen LogP contribution is 2.33. The molecule has 7 heteroatoms. The molecular weight excluding hydrogens is 272 g/mol. The van der Waals surface area contributed by atoms with Crippen molar-refractivity contribution in [2.45, 2.75) is 31.9 Å². The minimum absolute atomic E-state index is 0.180. The average molecular weight is 290 g/mol. The quantitative estimate of drug-likeness (QED) is 0.888. The highest BCUT2D eigenvalue weighted by atomic mass is 16.5. The van der Waals surface area contributed by atoms with Gasteiger partial charge in [-0.3, -0.25) is 4.68 Å². The minimum Gasteiger partial charge on any atom is -0.478 e. The second-order valence-electron chi connectivity index (χ2n) is 5.43. The van der Waals surface area contributed by atoms with Crippen molar-refractivity contribution in [3.8, 4) is 0 Å². The van der Waals surface area contributed by atoms with Crippen molar-refractivity contribution in [2.75, 3.05) is 12.4 Å². The van der Waals surface area contributed by atoms with Gasteiger partial charge in [0, 0.05) is 26.4 Å². The monoisotopic (exact) mass is 290 g/mol. The van der Waals surface area contributed by atoms with Crippen molar-refractivity contribution >= 4 is 22.7 Å². The number of hydrogen-bond acceptors (Lipinski definition) is 5. The smallest absolute Gasteiger partial charge is 0.339 e. The summed E-state index contributed by atoms with van der Waals surface area (Å²) in [5, 5.41) is 17.8. The van der Waals surface area contributed by atoms with Gasteiger partial charge in [-0.15, -0.1) is 0 Å². The van der Waals surface area contributed by atoms with Crippen molar-refractivity contribution in [3.63, 3.8) is 0 Å². The van der Waals surface area contributed by atoms with Crippen LogP contribution < -0.4 is 5.32 Å². The van der Waals surface area contributed by atoms with E-state index in [0.717, 1.165) is 23.9 Å². The largest absolute Gasteiger partial charge is 0.478 e. The molecular formula is C14H18N4O3. The SMILES string of the molecule is COC1CC(Nc2c(C(=O)O)cnc3c2c(C)nn3C)C1. The molecule has 7 nitrogen and oxygen atoms in total. The number of carbonyl (C=O) groups is 1. The maximum atomic E-state index is 11.5. The van der Waals surface area contributed by atoms with E-state index < -0.39 is 5.97 Å². The first-order valence-electron chi connectivity index (χ1n) is 6.86. The van der Waals surface area contributed by atoms with E-state index >= 15 is 0 Å². The van der Waals surface area contributed by atoms with Gasteiger partial charge in [0.15, 0.2) is 5.65 Å². The summed E-state index contributed by atoms with van der Waals surface area (Å²) in [5.74, 6) is -0.988. The van der Waals surface area contributed by atoms with Gasteiger partial charge in [-0.25, -0.2) is 9.78 Å². The lowest BCUT2D eigenvalue weighted by Gasteiger charge is -2.35. The average Bonchev–Trinajstić information content (AvgIpc) is 2.68. The summed E-state index contributed by atoms with van der Waals surface area (Å²) in [6.07, 6.45) is 3.39. The van der Waals surface area contributed by atoms with E-state index in [0.29, 0.717) is 11.3 Å². The number of ether oxygens (including phenoxy) is 1. The molecule has 1 saturated carbocycles. The number of aryl methyl sites for hydroxylation is 2. The van der Waals surface area contributed by atoms with E-state index in [-0.39, 0.29) is 17.7 Å². The number of nitrogens with one attached hydrogen (secondary N) is 1. The zero-order valence-corrected chi connectivity index (χ0v) is 12.3. The molecule has 0 radical (unpaired) electrons. The molecule has 0 aromatic carbocycles. The standard InChI is InChI=1S/C14H18N4O3/c1-7-11-12(16-8-4-9(5-8)21-3)10(14(19)20)6-15-13(11)18(2)17-7/h6,8-9H,4-5H2,1-3H3,(H,15,16)(H,19,20). The van der Waals surface area contributed by atoms with Gasteiger partial charge in [0.1, 0.15) is 5.56 Å². The molecule has 3 rings (SSSR count). The van der Waals surface area contributed by atoms with Gasteiger partial charge < -0.3 is 15.2 Å². The topological polar surface area (TPSA) is 89.3 Å². The number of anilines is 1. The van der Waals surface area contributed by atoms with Crippen molar-refractivity contribution in [1.82, 2.24) is 14.8 Å². The van der Waals surface area contributed by atoms with Gasteiger partial charge in [-0.05, 0) is 19.8 Å². The molecule has 1 aliphatic carbocycles. The van der Waals surface area contributed by atoms with Crippen LogP contribution in [0.2, 0.25) is 0 Å². The van der Waals surface area contributed by atoms with E-state index in [1.807, 2.05) is 6.92 Å². The van der Waals surface area contributed by atoms with Crippen LogP contribution in [0.25, 0.3) is 11.0 Å². The van der Waals surface area contributed by atoms with Crippen molar-refractivity contribution in [1.29, 1.82) is 0 Å². The first kappa shape index (κ1) is 13.8. The number of methoxy groups -OCH3 is 1. The fourth-order valence-corrected chi connectivity index (χ4v) is 2.80. The van der Waals surface area contributed by atoms with Crippen LogP contribution in [0.5, 0.6) is 0 Å². The summed E-state index contributed by atoms with van der Waals surface area (Å²) in [5.41, 5.74) is 2.24. The third-order valence-corrected chi connectivity index (χ3v) is 4.03. The fourth-order valence-electron chi connectivity index (χ4n) is 2.80. The summed E-state index contributed by atoms with van der Waals surface area (Å²) in [7, 11) is 3.50. The molecule has 0 aliphatic heterocycles. The number of carboxylic acid groups (broad SMARTS) is 1. The Morgan fingerprint density at radius 2 is 2.24 bits per heavy atom. The van der Waals surface area contributed by atoms with Crippen LogP contribution in [0.4, 0.5) is 5.69 Å². The summed E-state index contributed by atoms with van der Waals surface area (Å²) in [6.45, 7) is 1.86. The van der Waals surface area contributed by atoms with Gasteiger partial charge in [0.25, 0.3) is 0 Å². The molecule has 0 saturated heterocycles. The Morgan fingerprint density at radius 1 is 1.52 bits per heavy atom. The summed E-state index contributed by atoms with van der Waals surface area (Å²) in [4.78, 5) is 15.7. The number of aromatic carboxylic acids is 1. The lowest BCUT2D eigenvalue weighted by Crippen LogP contribution is -2.40. The van der Waals surface area contributed by atoms with E-state index in [4.69, 9.17) is 4.74 Å². The summed E-state index contributed by atoms with van der Waals surface area (Å²) < 4.78 is 6.93. The molecule has 2 N–H and O–H groups in total. The minimum atomic E-state index is -0.988. The number of carboxylic acids is 1. The Kier molecular flexibility index (Phi) is 3.29. The maximum absolute atomic E-state index is 11.5. The van der Waals surface area contributed by atoms with Crippen molar-refractivity contribution in [3.05, 3.63) is 17.5 Å². The Bertz CT molecular complexity index is 704. The van der Waals surface area contributed by atoms with Gasteiger partial charge >= 0.3 is 5.97 Å². The number of hydrogen-bond donors (Lipinski definition) is 2. The van der Waals surface area contributed by atoms with Crippen LogP contribution in [0.15, 0.2) is 6.20 Å². The molecule has 21 heavy (non-hydrogen) atoms. The lowest BCUT2D eigenvalue weighted by molar-refractivity contribution is 0.0329. The second kappa shape index (κ2) is 5.00. The summed E-state index contributed by atoms with van der Waals surface area (Å²) in [6, 6.07) is 0.221. The number of nitrogens with zero attached hydrogens (tertiary/aromatic N) is 3. The predicted octanol–water partition coefficient (Wildman–Crippen LogP) is 1.56. The van der Waals surface area contributed by atoms with Gasteiger partial charge in [0.2, 0.25) is 0 Å². The predicted molar refractivity (Wildman–Crippen MR) is 77.6 cm³/mol. The Labute approximate surface area is 121 Å². The third-order valence-electron chi connectivity index (χ3n) is 4.03. The Morgan fingerprint density at radius 3 is 2.86 bits per heavy atom. The van der Waals surface area contributed by atoms with Crippen LogP contribution in [-0.4, -0.2) is 45.1 Å².